The molecule has 0 aromatic heterocycles. The third kappa shape index (κ3) is 8.74. The third-order valence-electron chi connectivity index (χ3n) is 6.37. The van der Waals surface area contributed by atoms with Crippen molar-refractivity contribution in [1.82, 2.24) is 16.1 Å². The summed E-state index contributed by atoms with van der Waals surface area (Å²) in [5.41, 5.74) is 5.72. The van der Waals surface area contributed by atoms with Crippen LogP contribution in [0.4, 0.5) is 4.79 Å². The molecule has 0 fully saturated rings. The maximum Gasteiger partial charge on any atom is 0.337 e. The van der Waals surface area contributed by atoms with E-state index in [9.17, 15) is 14.7 Å². The molecular formula is C31H32Br2N4O7. The second-order valence-electron chi connectivity index (χ2n) is 9.52. The average Bonchev–Trinajstić information content (AvgIpc) is 3.00. The molecule has 44 heavy (non-hydrogen) atoms. The summed E-state index contributed by atoms with van der Waals surface area (Å²) in [5, 5.41) is 19.9. The average molecular weight is 732 g/mol. The Morgan fingerprint density at radius 2 is 1.80 bits per heavy atom. The molecule has 0 radical (unpaired) electrons. The summed E-state index contributed by atoms with van der Waals surface area (Å²) in [7, 11) is 1.28. The lowest BCUT2D eigenvalue weighted by molar-refractivity contribution is -0.136. The lowest BCUT2D eigenvalue weighted by atomic mass is 9.95. The molecule has 13 heteroatoms. The molecule has 0 unspecified atom stereocenters. The minimum absolute atomic E-state index is 0.139. The SMILES string of the molecule is CCOc1cc([C@H]2NC(=O)NC(C)=C2C(=O)OC)ccc1OC[C@H](O)N/N=C\c1ccc(OCc2ccc(Br)cc2)c(Br)c1. The fourth-order valence-electron chi connectivity index (χ4n) is 4.28. The van der Waals surface area contributed by atoms with E-state index in [-0.39, 0.29) is 12.2 Å². The molecule has 1 aliphatic rings. The van der Waals surface area contributed by atoms with Crippen LogP contribution in [0.5, 0.6) is 17.2 Å². The van der Waals surface area contributed by atoms with E-state index in [4.69, 9.17) is 18.9 Å². The minimum atomic E-state index is -1.13. The number of aliphatic hydroxyl groups is 1. The number of methoxy groups -OCH3 is 1. The monoisotopic (exact) mass is 730 g/mol. The second kappa shape index (κ2) is 15.6. The van der Waals surface area contributed by atoms with Gasteiger partial charge in [0.25, 0.3) is 0 Å². The van der Waals surface area contributed by atoms with E-state index in [0.29, 0.717) is 41.7 Å². The summed E-state index contributed by atoms with van der Waals surface area (Å²) in [6.45, 7) is 4.08. The van der Waals surface area contributed by atoms with E-state index in [1.807, 2.05) is 49.4 Å². The van der Waals surface area contributed by atoms with Gasteiger partial charge < -0.3 is 34.7 Å². The zero-order chi connectivity index (χ0) is 31.6. The van der Waals surface area contributed by atoms with Crippen LogP contribution in [0.2, 0.25) is 0 Å². The molecule has 0 saturated heterocycles. The zero-order valence-corrected chi connectivity index (χ0v) is 27.4. The molecule has 2 amide bonds. The Morgan fingerprint density at radius 1 is 1.05 bits per heavy atom. The van der Waals surface area contributed by atoms with Crippen molar-refractivity contribution in [1.29, 1.82) is 0 Å². The first kappa shape index (κ1) is 32.8. The van der Waals surface area contributed by atoms with Crippen molar-refractivity contribution in [3.8, 4) is 17.2 Å². The quantitative estimate of drug-likeness (QED) is 0.0803. The van der Waals surface area contributed by atoms with E-state index < -0.39 is 24.3 Å². The van der Waals surface area contributed by atoms with Gasteiger partial charge >= 0.3 is 12.0 Å². The lowest BCUT2D eigenvalue weighted by Gasteiger charge is -2.28. The normalized spacial score (nSPS) is 15.3. The van der Waals surface area contributed by atoms with Crippen LogP contribution >= 0.6 is 31.9 Å². The summed E-state index contributed by atoms with van der Waals surface area (Å²) in [4.78, 5) is 24.6. The Kier molecular flexibility index (Phi) is 11.6. The molecule has 1 aliphatic heterocycles. The van der Waals surface area contributed by atoms with E-state index in [1.54, 1.807) is 31.3 Å². The van der Waals surface area contributed by atoms with E-state index >= 15 is 0 Å². The van der Waals surface area contributed by atoms with E-state index in [2.05, 4.69) is 53.0 Å². The molecular weight excluding hydrogens is 700 g/mol. The van der Waals surface area contributed by atoms with Crippen molar-refractivity contribution < 1.29 is 33.6 Å². The fraction of sp³-hybridized carbons (Fsp3) is 0.258. The molecule has 232 valence electrons. The second-order valence-corrected chi connectivity index (χ2v) is 11.3. The Labute approximate surface area is 271 Å². The van der Waals surface area contributed by atoms with Gasteiger partial charge in [-0.2, -0.15) is 5.10 Å². The number of hydrogen-bond acceptors (Lipinski definition) is 9. The van der Waals surface area contributed by atoms with Gasteiger partial charge in [0.15, 0.2) is 17.7 Å². The van der Waals surface area contributed by atoms with E-state index in [1.165, 1.54) is 7.11 Å². The maximum absolute atomic E-state index is 12.4. The van der Waals surface area contributed by atoms with Crippen molar-refractivity contribution in [3.63, 3.8) is 0 Å². The smallest absolute Gasteiger partial charge is 0.337 e. The number of allylic oxidation sites excluding steroid dienone is 1. The highest BCUT2D eigenvalue weighted by Crippen LogP contribution is 2.35. The first-order valence-electron chi connectivity index (χ1n) is 13.6. The van der Waals surface area contributed by atoms with Gasteiger partial charge in [0.2, 0.25) is 0 Å². The van der Waals surface area contributed by atoms with Crippen molar-refractivity contribution in [2.75, 3.05) is 20.3 Å². The van der Waals surface area contributed by atoms with Crippen LogP contribution in [-0.4, -0.2) is 49.9 Å². The van der Waals surface area contributed by atoms with Crippen molar-refractivity contribution >= 4 is 50.1 Å². The number of hydrogen-bond donors (Lipinski definition) is 4. The number of nitrogens with zero attached hydrogens (tertiary/aromatic N) is 1. The molecule has 0 bridgehead atoms. The van der Waals surface area contributed by atoms with Crippen molar-refractivity contribution in [3.05, 3.63) is 97.6 Å². The van der Waals surface area contributed by atoms with Crippen LogP contribution in [-0.2, 0) is 16.1 Å². The molecule has 2 atom stereocenters. The highest BCUT2D eigenvalue weighted by atomic mass is 79.9. The van der Waals surface area contributed by atoms with Crippen LogP contribution < -0.4 is 30.3 Å². The number of carbonyl (C=O) groups is 2. The molecule has 11 nitrogen and oxygen atoms in total. The number of halogens is 2. The molecule has 0 saturated carbocycles. The molecule has 4 rings (SSSR count). The third-order valence-corrected chi connectivity index (χ3v) is 7.52. The predicted molar refractivity (Wildman–Crippen MR) is 172 cm³/mol. The Balaban J connectivity index is 1.34. The minimum Gasteiger partial charge on any atom is -0.490 e. The lowest BCUT2D eigenvalue weighted by Crippen LogP contribution is -2.45. The van der Waals surface area contributed by atoms with Gasteiger partial charge in [0.05, 0.1) is 36.0 Å². The Hall–Kier alpha value is -4.07. The number of rotatable bonds is 13. The fourth-order valence-corrected chi connectivity index (χ4v) is 5.05. The van der Waals surface area contributed by atoms with Crippen molar-refractivity contribution in [2.45, 2.75) is 32.7 Å². The maximum atomic E-state index is 12.4. The highest BCUT2D eigenvalue weighted by Gasteiger charge is 2.32. The Morgan fingerprint density at radius 3 is 2.50 bits per heavy atom. The number of benzene rings is 3. The number of hydrazone groups is 1. The van der Waals surface area contributed by atoms with Crippen LogP contribution in [0.25, 0.3) is 0 Å². The van der Waals surface area contributed by atoms with Gasteiger partial charge in [-0.15, -0.1) is 0 Å². The zero-order valence-electron chi connectivity index (χ0n) is 24.2. The van der Waals surface area contributed by atoms with Gasteiger partial charge in [0.1, 0.15) is 19.0 Å². The molecule has 1 heterocycles. The van der Waals surface area contributed by atoms with Gasteiger partial charge in [-0.1, -0.05) is 34.1 Å². The molecule has 4 N–H and O–H groups in total. The largest absolute Gasteiger partial charge is 0.490 e. The Bertz CT molecular complexity index is 1550. The predicted octanol–water partition coefficient (Wildman–Crippen LogP) is 5.31. The van der Waals surface area contributed by atoms with Gasteiger partial charge in [0, 0.05) is 10.2 Å². The van der Waals surface area contributed by atoms with Crippen molar-refractivity contribution in [2.24, 2.45) is 5.10 Å². The topological polar surface area (TPSA) is 140 Å². The van der Waals surface area contributed by atoms with Crippen LogP contribution in [0.1, 0.15) is 36.6 Å². The molecule has 0 aliphatic carbocycles. The summed E-state index contributed by atoms with van der Waals surface area (Å²) in [6.07, 6.45) is 0.437. The van der Waals surface area contributed by atoms with Crippen LogP contribution in [0.3, 0.4) is 0 Å². The number of esters is 1. The number of urea groups is 1. The summed E-state index contributed by atoms with van der Waals surface area (Å²) < 4.78 is 24.1. The summed E-state index contributed by atoms with van der Waals surface area (Å²) in [5.74, 6) is 0.866. The highest BCUT2D eigenvalue weighted by molar-refractivity contribution is 9.10. The standard InChI is InChI=1S/C31H32Br2N4O7/c1-4-42-26-14-21(29-28(30(39)41-3)18(2)35-31(40)36-29)8-12-25(26)44-17-27(38)37-34-15-20-7-11-24(23(33)13-20)43-16-19-5-9-22(32)10-6-19/h5-15,27,29,37-38H,4,16-17H2,1-3H3,(H2,35,36,40)/b34-15-/t27-,29+/m0/s1. The van der Waals surface area contributed by atoms with Gasteiger partial charge in [-0.25, -0.2) is 9.59 Å². The molecule has 0 spiro atoms. The molecule has 3 aromatic carbocycles. The van der Waals surface area contributed by atoms with Gasteiger partial charge in [-0.05, 0) is 88.9 Å². The number of ether oxygens (including phenoxy) is 4. The van der Waals surface area contributed by atoms with E-state index in [0.717, 1.165) is 20.1 Å². The molecule has 3 aromatic rings. The summed E-state index contributed by atoms with van der Waals surface area (Å²) >= 11 is 6.95. The number of amides is 2. The van der Waals surface area contributed by atoms with Crippen LogP contribution in [0, 0.1) is 0 Å². The van der Waals surface area contributed by atoms with Gasteiger partial charge in [-0.3, -0.25) is 5.43 Å². The first-order valence-corrected chi connectivity index (χ1v) is 15.2. The first-order chi connectivity index (χ1) is 21.2. The summed E-state index contributed by atoms with van der Waals surface area (Å²) in [6, 6.07) is 17.3. The number of nitrogens with one attached hydrogen (secondary N) is 3. The van der Waals surface area contributed by atoms with Crippen LogP contribution in [0.15, 0.2) is 86.0 Å². The number of aliphatic hydroxyl groups excluding tert-OH is 1. The number of carbonyl (C=O) groups excluding carboxylic acids is 2.